The first-order chi connectivity index (χ1) is 12.2. The van der Waals surface area contributed by atoms with Crippen LogP contribution in [-0.4, -0.2) is 22.8 Å². The number of benzene rings is 2. The minimum atomic E-state index is 0.148. The van der Waals surface area contributed by atoms with E-state index in [0.717, 1.165) is 22.5 Å². The van der Waals surface area contributed by atoms with Crippen LogP contribution in [0.4, 0.5) is 0 Å². The van der Waals surface area contributed by atoms with E-state index in [9.17, 15) is 4.79 Å². The zero-order valence-electron chi connectivity index (χ0n) is 14.5. The van der Waals surface area contributed by atoms with Crippen molar-refractivity contribution < 1.29 is 4.79 Å². The fraction of sp³-hybridized carbons (Fsp3) is 0.333. The van der Waals surface area contributed by atoms with Crippen LogP contribution in [-0.2, 0) is 30.6 Å². The number of fused-ring (bicyclic) bond motifs is 2. The molecule has 1 aliphatic carbocycles. The molecule has 128 valence electrons. The lowest BCUT2D eigenvalue weighted by molar-refractivity contribution is -0.129. The van der Waals surface area contributed by atoms with Crippen molar-refractivity contribution in [1.82, 2.24) is 9.88 Å². The Labute approximate surface area is 152 Å². The molecule has 1 amide bonds. The number of rotatable bonds is 4. The summed E-state index contributed by atoms with van der Waals surface area (Å²) in [5.41, 5.74) is 5.04. The second-order valence-electron chi connectivity index (χ2n) is 6.81. The highest BCUT2D eigenvalue weighted by molar-refractivity contribution is 7.18. The van der Waals surface area contributed by atoms with Crippen LogP contribution in [0.1, 0.15) is 34.5 Å². The number of para-hydroxylation sites is 1. The molecule has 0 saturated heterocycles. The summed E-state index contributed by atoms with van der Waals surface area (Å²) >= 11 is 1.66. The lowest BCUT2D eigenvalue weighted by atomic mass is 9.90. The van der Waals surface area contributed by atoms with Gasteiger partial charge < -0.3 is 4.90 Å². The van der Waals surface area contributed by atoms with Gasteiger partial charge in [-0.05, 0) is 54.5 Å². The van der Waals surface area contributed by atoms with Gasteiger partial charge in [0.1, 0.15) is 5.01 Å². The van der Waals surface area contributed by atoms with Crippen molar-refractivity contribution in [3.63, 3.8) is 0 Å². The number of likely N-dealkylation sites (N-methyl/N-ethyl adjacent to an activating group) is 1. The van der Waals surface area contributed by atoms with Gasteiger partial charge in [0.25, 0.3) is 0 Å². The van der Waals surface area contributed by atoms with Crippen molar-refractivity contribution in [3.8, 4) is 0 Å². The largest absolute Gasteiger partial charge is 0.339 e. The van der Waals surface area contributed by atoms with Gasteiger partial charge in [-0.3, -0.25) is 4.79 Å². The van der Waals surface area contributed by atoms with E-state index in [4.69, 9.17) is 0 Å². The third-order valence-corrected chi connectivity index (χ3v) is 5.93. The SMILES string of the molecule is CN(Cc1nc2ccccc2s1)C(=O)Cc1ccc2c(c1)CCCC2. The number of carbonyl (C=O) groups excluding carboxylic acids is 1. The molecule has 1 heterocycles. The Morgan fingerprint density at radius 3 is 2.76 bits per heavy atom. The number of thiazole rings is 1. The number of hydrogen-bond acceptors (Lipinski definition) is 3. The van der Waals surface area contributed by atoms with Crippen LogP contribution in [0.2, 0.25) is 0 Å². The number of aryl methyl sites for hydroxylation is 2. The van der Waals surface area contributed by atoms with E-state index in [1.54, 1.807) is 16.2 Å². The zero-order chi connectivity index (χ0) is 17.2. The smallest absolute Gasteiger partial charge is 0.227 e. The first-order valence-corrected chi connectivity index (χ1v) is 9.70. The molecule has 0 spiro atoms. The summed E-state index contributed by atoms with van der Waals surface area (Å²) in [5.74, 6) is 0.148. The normalized spacial score (nSPS) is 13.6. The van der Waals surface area contributed by atoms with Gasteiger partial charge in [-0.2, -0.15) is 0 Å². The Balaban J connectivity index is 1.43. The monoisotopic (exact) mass is 350 g/mol. The number of amides is 1. The fourth-order valence-corrected chi connectivity index (χ4v) is 4.51. The summed E-state index contributed by atoms with van der Waals surface area (Å²) < 4.78 is 1.17. The molecule has 1 aliphatic rings. The first kappa shape index (κ1) is 16.3. The van der Waals surface area contributed by atoms with Crippen molar-refractivity contribution in [2.45, 2.75) is 38.6 Å². The fourth-order valence-electron chi connectivity index (χ4n) is 3.48. The van der Waals surface area contributed by atoms with Gasteiger partial charge in [0, 0.05) is 7.05 Å². The molecule has 0 unspecified atom stereocenters. The van der Waals surface area contributed by atoms with Crippen LogP contribution in [0.3, 0.4) is 0 Å². The highest BCUT2D eigenvalue weighted by Gasteiger charge is 2.15. The van der Waals surface area contributed by atoms with E-state index in [2.05, 4.69) is 29.2 Å². The molecular weight excluding hydrogens is 328 g/mol. The van der Waals surface area contributed by atoms with E-state index >= 15 is 0 Å². The van der Waals surface area contributed by atoms with E-state index in [1.807, 2.05) is 25.2 Å². The molecule has 4 heteroatoms. The third kappa shape index (κ3) is 3.59. The number of aromatic nitrogens is 1. The number of nitrogens with zero attached hydrogens (tertiary/aromatic N) is 2. The maximum Gasteiger partial charge on any atom is 0.227 e. The van der Waals surface area contributed by atoms with Crippen molar-refractivity contribution >= 4 is 27.5 Å². The zero-order valence-corrected chi connectivity index (χ0v) is 15.3. The highest BCUT2D eigenvalue weighted by Crippen LogP contribution is 2.24. The quantitative estimate of drug-likeness (QED) is 0.700. The molecule has 2 aromatic carbocycles. The van der Waals surface area contributed by atoms with Crippen molar-refractivity contribution in [2.24, 2.45) is 0 Å². The second kappa shape index (κ2) is 6.96. The maximum atomic E-state index is 12.6. The Hall–Kier alpha value is -2.20. The Morgan fingerprint density at radius 1 is 1.12 bits per heavy atom. The molecule has 4 rings (SSSR count). The van der Waals surface area contributed by atoms with Gasteiger partial charge in [-0.15, -0.1) is 11.3 Å². The molecule has 0 aliphatic heterocycles. The molecule has 3 nitrogen and oxygen atoms in total. The highest BCUT2D eigenvalue weighted by atomic mass is 32.1. The van der Waals surface area contributed by atoms with Gasteiger partial charge in [0.15, 0.2) is 0 Å². The second-order valence-corrected chi connectivity index (χ2v) is 7.93. The minimum absolute atomic E-state index is 0.148. The van der Waals surface area contributed by atoms with Gasteiger partial charge in [-0.1, -0.05) is 30.3 Å². The van der Waals surface area contributed by atoms with E-state index in [-0.39, 0.29) is 5.91 Å². The summed E-state index contributed by atoms with van der Waals surface area (Å²) in [7, 11) is 1.87. The predicted octanol–water partition coefficient (Wildman–Crippen LogP) is 4.38. The molecule has 25 heavy (non-hydrogen) atoms. The van der Waals surface area contributed by atoms with Crippen LogP contribution in [0.15, 0.2) is 42.5 Å². The van der Waals surface area contributed by atoms with Crippen molar-refractivity contribution in [3.05, 3.63) is 64.2 Å². The topological polar surface area (TPSA) is 33.2 Å². The van der Waals surface area contributed by atoms with Crippen LogP contribution in [0.5, 0.6) is 0 Å². The van der Waals surface area contributed by atoms with Gasteiger partial charge in [-0.25, -0.2) is 4.98 Å². The lowest BCUT2D eigenvalue weighted by Crippen LogP contribution is -2.27. The van der Waals surface area contributed by atoms with Gasteiger partial charge in [0.2, 0.25) is 5.91 Å². The Morgan fingerprint density at radius 2 is 1.92 bits per heavy atom. The number of carbonyl (C=O) groups is 1. The Bertz CT molecular complexity index is 882. The van der Waals surface area contributed by atoms with Crippen LogP contribution < -0.4 is 0 Å². The molecule has 0 fully saturated rings. The van der Waals surface area contributed by atoms with Crippen molar-refractivity contribution in [1.29, 1.82) is 0 Å². The van der Waals surface area contributed by atoms with E-state index in [1.165, 1.54) is 35.1 Å². The maximum absolute atomic E-state index is 12.6. The summed E-state index contributed by atoms with van der Waals surface area (Å²) in [6.45, 7) is 0.573. The summed E-state index contributed by atoms with van der Waals surface area (Å²) in [6, 6.07) is 14.7. The molecular formula is C21H22N2OS. The van der Waals surface area contributed by atoms with Gasteiger partial charge >= 0.3 is 0 Å². The predicted molar refractivity (Wildman–Crippen MR) is 103 cm³/mol. The third-order valence-electron chi connectivity index (χ3n) is 4.90. The molecule has 0 bridgehead atoms. The van der Waals surface area contributed by atoms with Crippen molar-refractivity contribution in [2.75, 3.05) is 7.05 Å². The molecule has 3 aromatic rings. The van der Waals surface area contributed by atoms with E-state index < -0.39 is 0 Å². The van der Waals surface area contributed by atoms with Gasteiger partial charge in [0.05, 0.1) is 23.2 Å². The van der Waals surface area contributed by atoms with Crippen LogP contribution in [0, 0.1) is 0 Å². The standard InChI is InChI=1S/C21H22N2OS/c1-23(14-20-22-18-8-4-5-9-19(18)25-20)21(24)13-15-10-11-16-6-2-3-7-17(16)12-15/h4-5,8-12H,2-3,6-7,13-14H2,1H3. The lowest BCUT2D eigenvalue weighted by Gasteiger charge is -2.18. The van der Waals surface area contributed by atoms with Crippen LogP contribution in [0.25, 0.3) is 10.2 Å². The summed E-state index contributed by atoms with van der Waals surface area (Å²) in [5, 5.41) is 0.988. The average Bonchev–Trinajstić information content (AvgIpc) is 3.03. The van der Waals surface area contributed by atoms with Crippen LogP contribution >= 0.6 is 11.3 Å². The first-order valence-electron chi connectivity index (χ1n) is 8.88. The summed E-state index contributed by atoms with van der Waals surface area (Å²) in [6.07, 6.45) is 5.35. The minimum Gasteiger partial charge on any atom is -0.339 e. The number of hydrogen-bond donors (Lipinski definition) is 0. The average molecular weight is 350 g/mol. The molecule has 1 aromatic heterocycles. The molecule has 0 radical (unpaired) electrons. The van der Waals surface area contributed by atoms with E-state index in [0.29, 0.717) is 13.0 Å². The Kier molecular flexibility index (Phi) is 4.53. The molecule has 0 atom stereocenters. The molecule has 0 saturated carbocycles. The molecule has 0 N–H and O–H groups in total. The summed E-state index contributed by atoms with van der Waals surface area (Å²) in [4.78, 5) is 19.0.